The molecule has 0 aliphatic heterocycles. The van der Waals surface area contributed by atoms with E-state index in [-0.39, 0.29) is 18.3 Å². The summed E-state index contributed by atoms with van der Waals surface area (Å²) in [6.45, 7) is 46.1. The molecule has 0 aliphatic rings. The smallest absolute Gasteiger partial charge is 0.160 e. The summed E-state index contributed by atoms with van der Waals surface area (Å²) in [5, 5.41) is 0. The Hall–Kier alpha value is -2.13. The molecule has 0 aromatic rings. The summed E-state index contributed by atoms with van der Waals surface area (Å²) in [4.78, 5) is 11.5. The summed E-state index contributed by atoms with van der Waals surface area (Å²) in [5.41, 5.74) is 0. The molecular weight excluding hydrogens is 1860 g/mol. The van der Waals surface area contributed by atoms with Crippen molar-refractivity contribution in [3.63, 3.8) is 0 Å². The summed E-state index contributed by atoms with van der Waals surface area (Å²) >= 11 is 0. The first-order valence-corrected chi connectivity index (χ1v) is 50.1. The molecule has 0 rings (SSSR count). The standard InChI is InChI=1S/C94H188O46/c1-93(2)94(95)92-140-91-90-139-89-88-138-87-86-137-85-84-136-83-82-135-81-80-134-79-78-133-77-76-132-75-74-131-73-72-130-71-70-129-69-68-128-67-66-127-65-64-126-63-62-125-61-60-124-59-58-123-57-56-122-55-54-121-53-52-120-51-50-119-49-48-118-47-46-117-45-44-116-43-42-115-41-40-114-39-38-113-37-36-112-35-34-111-33-32-110-31-30-109-29-28-108-27-26-107-25-24-106-23-22-105-21-20-104-19-18-103-17-16-102-15-14-101-13-12-100-11-10-99-9-8-98-7-6-97-5-4-96-3/h93H,4-92H2,1-3H3. The predicted octanol–water partition coefficient (Wildman–Crippen LogP) is 1.59. The van der Waals surface area contributed by atoms with Gasteiger partial charge in [0.2, 0.25) is 0 Å². The van der Waals surface area contributed by atoms with Crippen LogP contribution < -0.4 is 0 Å². The molecule has 0 aliphatic carbocycles. The van der Waals surface area contributed by atoms with Crippen LogP contribution in [0.4, 0.5) is 0 Å². The zero-order valence-corrected chi connectivity index (χ0v) is 85.8. The number of rotatable bonds is 135. The highest BCUT2D eigenvalue weighted by atomic mass is 16.7. The molecule has 840 valence electrons. The Morgan fingerprint density at radius 2 is 0.164 bits per heavy atom. The van der Waals surface area contributed by atoms with Gasteiger partial charge in [-0.1, -0.05) is 13.8 Å². The van der Waals surface area contributed by atoms with Crippen LogP contribution in [0.15, 0.2) is 0 Å². The van der Waals surface area contributed by atoms with Gasteiger partial charge in [0.25, 0.3) is 0 Å². The Morgan fingerprint density at radius 3 is 0.221 bits per heavy atom. The molecule has 0 aromatic carbocycles. The monoisotopic (exact) mass is 2050 g/mol. The molecular formula is C94H188O46. The molecule has 0 radical (unpaired) electrons. The fraction of sp³-hybridized carbons (Fsp3) is 0.989. The fourth-order valence-electron chi connectivity index (χ4n) is 9.94. The molecule has 140 heavy (non-hydrogen) atoms. The lowest BCUT2D eigenvalue weighted by Gasteiger charge is -2.09. The predicted molar refractivity (Wildman–Crippen MR) is 508 cm³/mol. The van der Waals surface area contributed by atoms with Gasteiger partial charge in [-0.25, -0.2) is 0 Å². The van der Waals surface area contributed by atoms with Crippen LogP contribution >= 0.6 is 0 Å². The Kier molecular flexibility index (Phi) is 131. The highest BCUT2D eigenvalue weighted by Gasteiger charge is 2.09. The first kappa shape index (κ1) is 138. The van der Waals surface area contributed by atoms with Gasteiger partial charge in [-0.15, -0.1) is 0 Å². The van der Waals surface area contributed by atoms with E-state index < -0.39 is 0 Å². The van der Waals surface area contributed by atoms with Crippen LogP contribution in [-0.4, -0.2) is 601 Å². The SMILES string of the molecule is COCCOCCOCCOCCOCCOCCOCCOCCOCCOCCOCCOCCOCCOCCOCCOCCOCCOCCOCCOCCOCCOCCOCCOCCOCCOCCOCCOCCOCCOCCOCCOCCOCCOCCOCCOCCOCCOCCOCCOCCOCCOCCOCCOCCOCC(=O)C(C)C. The van der Waals surface area contributed by atoms with Crippen LogP contribution in [-0.2, 0) is 218 Å². The van der Waals surface area contributed by atoms with Crippen molar-refractivity contribution in [2.24, 2.45) is 5.92 Å². The maximum atomic E-state index is 11.5. The largest absolute Gasteiger partial charge is 0.382 e. The van der Waals surface area contributed by atoms with Gasteiger partial charge in [0.15, 0.2) is 5.78 Å². The van der Waals surface area contributed by atoms with Crippen molar-refractivity contribution in [2.75, 3.05) is 595 Å². The lowest BCUT2D eigenvalue weighted by atomic mass is 10.1. The molecule has 0 N–H and O–H groups in total. The summed E-state index contributed by atoms with van der Waals surface area (Å²) in [6.07, 6.45) is 0. The van der Waals surface area contributed by atoms with Crippen LogP contribution in [0.25, 0.3) is 0 Å². The van der Waals surface area contributed by atoms with E-state index in [0.29, 0.717) is 581 Å². The number of carbonyl (C=O) groups excluding carboxylic acids is 1. The molecule has 0 fully saturated rings. The van der Waals surface area contributed by atoms with Gasteiger partial charge in [0.1, 0.15) is 6.61 Å². The second-order valence-corrected chi connectivity index (χ2v) is 29.0. The van der Waals surface area contributed by atoms with Crippen molar-refractivity contribution in [2.45, 2.75) is 13.8 Å². The maximum Gasteiger partial charge on any atom is 0.160 e. The van der Waals surface area contributed by atoms with Gasteiger partial charge >= 0.3 is 0 Å². The maximum absolute atomic E-state index is 11.5. The Balaban J connectivity index is 3.11. The van der Waals surface area contributed by atoms with Crippen LogP contribution in [0, 0.1) is 5.92 Å². The van der Waals surface area contributed by atoms with Crippen molar-refractivity contribution in [3.8, 4) is 0 Å². The number of methoxy groups -OCH3 is 1. The Morgan fingerprint density at radius 1 is 0.107 bits per heavy atom. The Bertz CT molecular complexity index is 1990. The summed E-state index contributed by atoms with van der Waals surface area (Å²) in [5.74, 6) is 0.0720. The molecule has 0 amide bonds. The van der Waals surface area contributed by atoms with Gasteiger partial charge in [-0.3, -0.25) is 4.79 Å². The van der Waals surface area contributed by atoms with E-state index in [1.165, 1.54) is 0 Å². The highest BCUT2D eigenvalue weighted by Crippen LogP contribution is 1.99. The third-order valence-corrected chi connectivity index (χ3v) is 17.3. The van der Waals surface area contributed by atoms with Crippen molar-refractivity contribution in [1.82, 2.24) is 0 Å². The van der Waals surface area contributed by atoms with E-state index in [1.807, 2.05) is 13.8 Å². The minimum absolute atomic E-state index is 0.0162. The summed E-state index contributed by atoms with van der Waals surface area (Å²) in [6, 6.07) is 0. The van der Waals surface area contributed by atoms with Crippen LogP contribution in [0.1, 0.15) is 13.8 Å². The average molecular weight is 2050 g/mol. The van der Waals surface area contributed by atoms with E-state index in [9.17, 15) is 4.79 Å². The minimum atomic E-state index is -0.0162. The van der Waals surface area contributed by atoms with E-state index in [0.717, 1.165) is 0 Å². The van der Waals surface area contributed by atoms with Crippen LogP contribution in [0.5, 0.6) is 0 Å². The second kappa shape index (κ2) is 133. The first-order chi connectivity index (χ1) is 69.7. The van der Waals surface area contributed by atoms with Crippen molar-refractivity contribution in [1.29, 1.82) is 0 Å². The van der Waals surface area contributed by atoms with Gasteiger partial charge in [0.05, 0.1) is 581 Å². The number of hydrogen-bond acceptors (Lipinski definition) is 46. The van der Waals surface area contributed by atoms with Gasteiger partial charge in [0, 0.05) is 13.0 Å². The average Bonchev–Trinajstić information content (AvgIpc) is 1.01. The molecule has 0 aromatic heterocycles. The third-order valence-electron chi connectivity index (χ3n) is 17.3. The molecule has 0 atom stereocenters. The number of ether oxygens (including phenoxy) is 45. The zero-order chi connectivity index (χ0) is 99.9. The molecule has 0 spiro atoms. The lowest BCUT2D eigenvalue weighted by Crippen LogP contribution is -2.17. The number of Topliss-reactive ketones (excluding diaryl/α,β-unsaturated/α-hetero) is 1. The lowest BCUT2D eigenvalue weighted by molar-refractivity contribution is -0.127. The highest BCUT2D eigenvalue weighted by molar-refractivity contribution is 5.81. The van der Waals surface area contributed by atoms with Crippen molar-refractivity contribution in [3.05, 3.63) is 0 Å². The minimum Gasteiger partial charge on any atom is -0.382 e. The second-order valence-electron chi connectivity index (χ2n) is 29.0. The molecule has 0 bridgehead atoms. The van der Waals surface area contributed by atoms with Gasteiger partial charge in [-0.2, -0.15) is 0 Å². The van der Waals surface area contributed by atoms with Crippen LogP contribution in [0.2, 0.25) is 0 Å². The first-order valence-electron chi connectivity index (χ1n) is 50.1. The van der Waals surface area contributed by atoms with Crippen LogP contribution in [0.3, 0.4) is 0 Å². The van der Waals surface area contributed by atoms with E-state index in [2.05, 4.69) is 0 Å². The summed E-state index contributed by atoms with van der Waals surface area (Å²) < 4.78 is 248. The van der Waals surface area contributed by atoms with Gasteiger partial charge in [-0.05, 0) is 0 Å². The van der Waals surface area contributed by atoms with Crippen molar-refractivity contribution < 1.29 is 218 Å². The Labute approximate surface area is 835 Å². The fourth-order valence-corrected chi connectivity index (χ4v) is 9.94. The summed E-state index contributed by atoms with van der Waals surface area (Å²) in [7, 11) is 1.64. The van der Waals surface area contributed by atoms with Gasteiger partial charge < -0.3 is 213 Å². The zero-order valence-electron chi connectivity index (χ0n) is 85.8. The molecule has 46 nitrogen and oxygen atoms in total. The molecule has 0 heterocycles. The number of carbonyl (C=O) groups is 1. The topological polar surface area (TPSA) is 432 Å². The molecule has 0 saturated carbocycles. The molecule has 0 saturated heterocycles. The number of ketones is 1. The van der Waals surface area contributed by atoms with E-state index in [1.54, 1.807) is 7.11 Å². The van der Waals surface area contributed by atoms with Crippen molar-refractivity contribution >= 4 is 5.78 Å². The van der Waals surface area contributed by atoms with E-state index in [4.69, 9.17) is 213 Å². The third kappa shape index (κ3) is 132. The van der Waals surface area contributed by atoms with E-state index >= 15 is 0 Å². The number of hydrogen-bond donors (Lipinski definition) is 0. The quantitative estimate of drug-likeness (QED) is 0.0780. The normalized spacial score (nSPS) is 11.9. The molecule has 46 heteroatoms. The molecule has 0 unspecified atom stereocenters.